The number of likely N-dealkylation sites (N-methyl/N-ethyl adjacent to an activating group) is 1. The van der Waals surface area contributed by atoms with Gasteiger partial charge in [-0.1, -0.05) is 25.1 Å². The first-order valence-corrected chi connectivity index (χ1v) is 13.5. The molecule has 2 spiro atoms. The fraction of sp³-hybridized carbons (Fsp3) is 0.567. The lowest BCUT2D eigenvalue weighted by Crippen LogP contribution is -2.66. The highest BCUT2D eigenvalue weighted by atomic mass is 16.5. The molecule has 192 valence electrons. The molecule has 2 saturated carbocycles. The minimum atomic E-state index is -1.02. The molecule has 0 radical (unpaired) electrons. The Bertz CT molecular complexity index is 1410. The van der Waals surface area contributed by atoms with Crippen molar-refractivity contribution in [3.05, 3.63) is 54.0 Å². The molecule has 2 aromatic rings. The van der Waals surface area contributed by atoms with E-state index in [2.05, 4.69) is 47.2 Å². The maximum Gasteiger partial charge on any atom is 0.116 e. The highest BCUT2D eigenvalue weighted by Crippen LogP contribution is 2.72. The number of nitrogens with zero attached hydrogens (tertiary/aromatic N) is 4. The standard InChI is InChI=1S/C30H34N4O3/c1-27-8-9-28(16-31)13-21-25(35)26(36)23(34(2)3)14-29(21)10-11-30(28,37-29)24(27)7-5-20(27)18-4-6-22-19(12-18)15-32-17-33-22/h4-6,12-13,15,17,23-26,35-36H,7-11,14H2,1-3H3. The maximum atomic E-state index is 11.3. The number of aromatic nitrogens is 2. The van der Waals surface area contributed by atoms with Gasteiger partial charge in [-0.3, -0.25) is 0 Å². The first-order chi connectivity index (χ1) is 17.7. The van der Waals surface area contributed by atoms with E-state index in [1.165, 1.54) is 11.1 Å². The largest absolute Gasteiger partial charge is 0.388 e. The number of hydrogen-bond acceptors (Lipinski definition) is 7. The molecule has 2 bridgehead atoms. The monoisotopic (exact) mass is 498 g/mol. The summed E-state index contributed by atoms with van der Waals surface area (Å²) in [4.78, 5) is 10.6. The molecule has 37 heavy (non-hydrogen) atoms. The molecule has 7 heteroatoms. The summed E-state index contributed by atoms with van der Waals surface area (Å²) < 4.78 is 7.27. The molecule has 3 heterocycles. The lowest BCUT2D eigenvalue weighted by atomic mass is 9.49. The van der Waals surface area contributed by atoms with Crippen molar-refractivity contribution in [1.82, 2.24) is 14.9 Å². The van der Waals surface area contributed by atoms with Gasteiger partial charge in [-0.15, -0.1) is 0 Å². The topological polar surface area (TPSA) is 102 Å². The summed E-state index contributed by atoms with van der Waals surface area (Å²) in [5, 5.41) is 34.0. The van der Waals surface area contributed by atoms with Crippen LogP contribution in [0.4, 0.5) is 0 Å². The van der Waals surface area contributed by atoms with Crippen molar-refractivity contribution in [1.29, 1.82) is 5.26 Å². The van der Waals surface area contributed by atoms with Crippen molar-refractivity contribution in [2.24, 2.45) is 16.7 Å². The van der Waals surface area contributed by atoms with Crippen molar-refractivity contribution in [3.8, 4) is 6.07 Å². The quantitative estimate of drug-likeness (QED) is 0.610. The number of fused-ring (bicyclic) bond motifs is 2. The van der Waals surface area contributed by atoms with Crippen molar-refractivity contribution >= 4 is 16.5 Å². The van der Waals surface area contributed by atoms with Crippen LogP contribution in [0.15, 0.2) is 48.4 Å². The molecule has 0 amide bonds. The zero-order valence-electron chi connectivity index (χ0n) is 21.7. The van der Waals surface area contributed by atoms with E-state index in [1.807, 2.05) is 31.3 Å². The molecule has 7 rings (SSSR count). The van der Waals surface area contributed by atoms with Gasteiger partial charge in [-0.25, -0.2) is 9.97 Å². The highest BCUT2D eigenvalue weighted by Gasteiger charge is 2.74. The van der Waals surface area contributed by atoms with Crippen LogP contribution in [-0.2, 0) is 4.74 Å². The van der Waals surface area contributed by atoms with Gasteiger partial charge in [-0.05, 0) is 86.9 Å². The van der Waals surface area contributed by atoms with E-state index < -0.39 is 28.8 Å². The second-order valence-corrected chi connectivity index (χ2v) is 12.5. The summed E-state index contributed by atoms with van der Waals surface area (Å²) in [5.74, 6) is 0.157. The maximum absolute atomic E-state index is 11.3. The summed E-state index contributed by atoms with van der Waals surface area (Å²) in [5.41, 5.74) is 2.00. The van der Waals surface area contributed by atoms with Gasteiger partial charge in [0, 0.05) is 23.5 Å². The zero-order valence-corrected chi connectivity index (χ0v) is 21.7. The zero-order chi connectivity index (χ0) is 25.8. The molecule has 5 aliphatic rings. The summed E-state index contributed by atoms with van der Waals surface area (Å²) in [6.07, 6.45) is 10.5. The van der Waals surface area contributed by atoms with E-state index in [0.29, 0.717) is 12.8 Å². The van der Waals surface area contributed by atoms with Crippen LogP contribution in [0.3, 0.4) is 0 Å². The molecule has 2 N–H and O–H groups in total. The van der Waals surface area contributed by atoms with Gasteiger partial charge in [0.1, 0.15) is 17.8 Å². The Balaban J connectivity index is 1.32. The Kier molecular flexibility index (Phi) is 4.75. The summed E-state index contributed by atoms with van der Waals surface area (Å²) in [7, 11) is 3.89. The minimum Gasteiger partial charge on any atom is -0.388 e. The molecular weight excluding hydrogens is 464 g/mol. The van der Waals surface area contributed by atoms with Crippen molar-refractivity contribution < 1.29 is 14.9 Å². The molecule has 1 aromatic heterocycles. The van der Waals surface area contributed by atoms with E-state index in [4.69, 9.17) is 4.74 Å². The lowest BCUT2D eigenvalue weighted by Gasteiger charge is -2.61. The van der Waals surface area contributed by atoms with Gasteiger partial charge >= 0.3 is 0 Å². The Morgan fingerprint density at radius 3 is 2.78 bits per heavy atom. The third kappa shape index (κ3) is 2.80. The van der Waals surface area contributed by atoms with Crippen molar-refractivity contribution in [2.45, 2.75) is 74.9 Å². The Labute approximate surface area is 217 Å². The number of aliphatic hydroxyl groups excluding tert-OH is 2. The molecule has 7 nitrogen and oxygen atoms in total. The molecular formula is C30H34N4O3. The summed E-state index contributed by atoms with van der Waals surface area (Å²) >= 11 is 0. The van der Waals surface area contributed by atoms with Crippen molar-refractivity contribution in [3.63, 3.8) is 0 Å². The minimum absolute atomic E-state index is 0.131. The molecule has 8 atom stereocenters. The summed E-state index contributed by atoms with van der Waals surface area (Å²) in [6.45, 7) is 2.36. The number of nitriles is 1. The number of allylic oxidation sites excluding steroid dienone is 2. The lowest BCUT2D eigenvalue weighted by molar-refractivity contribution is -0.223. The second-order valence-electron chi connectivity index (χ2n) is 12.5. The third-order valence-electron chi connectivity index (χ3n) is 10.8. The number of rotatable bonds is 2. The second kappa shape index (κ2) is 7.48. The van der Waals surface area contributed by atoms with E-state index in [9.17, 15) is 15.5 Å². The van der Waals surface area contributed by atoms with Crippen LogP contribution in [-0.4, -0.2) is 68.6 Å². The molecule has 3 aliphatic carbocycles. The van der Waals surface area contributed by atoms with E-state index in [1.54, 1.807) is 6.33 Å². The normalized spacial score (nSPS) is 44.0. The van der Waals surface area contributed by atoms with Crippen LogP contribution in [0.2, 0.25) is 0 Å². The fourth-order valence-electron chi connectivity index (χ4n) is 8.84. The predicted molar refractivity (Wildman–Crippen MR) is 139 cm³/mol. The van der Waals surface area contributed by atoms with Gasteiger partial charge in [0.25, 0.3) is 0 Å². The molecule has 2 aliphatic heterocycles. The van der Waals surface area contributed by atoms with Gasteiger partial charge in [0.15, 0.2) is 0 Å². The number of aliphatic hydroxyl groups is 2. The Hall–Kier alpha value is -2.63. The van der Waals surface area contributed by atoms with Crippen LogP contribution in [0.5, 0.6) is 0 Å². The third-order valence-corrected chi connectivity index (χ3v) is 10.8. The molecule has 3 fully saturated rings. The van der Waals surface area contributed by atoms with Crippen LogP contribution in [0.1, 0.15) is 51.0 Å². The number of benzene rings is 1. The van der Waals surface area contributed by atoms with E-state index in [0.717, 1.165) is 42.2 Å². The van der Waals surface area contributed by atoms with E-state index in [-0.39, 0.29) is 17.4 Å². The molecule has 1 aromatic carbocycles. The number of hydrogen-bond donors (Lipinski definition) is 2. The van der Waals surface area contributed by atoms with Gasteiger partial charge in [0.2, 0.25) is 0 Å². The predicted octanol–water partition coefficient (Wildman–Crippen LogP) is 3.63. The smallest absolute Gasteiger partial charge is 0.116 e. The Morgan fingerprint density at radius 2 is 2.00 bits per heavy atom. The molecule has 1 saturated heterocycles. The van der Waals surface area contributed by atoms with Gasteiger partial charge in [0.05, 0.1) is 28.9 Å². The Morgan fingerprint density at radius 1 is 1.16 bits per heavy atom. The van der Waals surface area contributed by atoms with Gasteiger partial charge in [-0.2, -0.15) is 5.26 Å². The van der Waals surface area contributed by atoms with Crippen LogP contribution in [0.25, 0.3) is 16.5 Å². The highest BCUT2D eigenvalue weighted by molar-refractivity contribution is 5.84. The van der Waals surface area contributed by atoms with Crippen LogP contribution in [0, 0.1) is 28.1 Å². The number of ether oxygens (including phenoxy) is 1. The SMILES string of the molecule is CN(C)C1CC23CCC4(O2)C2CC=C(c5ccc6ncncc6c5)C2(C)CCC4(C#N)C=C3C(O)C1O. The fourth-order valence-corrected chi connectivity index (χ4v) is 8.84. The first kappa shape index (κ1) is 23.5. The average molecular weight is 499 g/mol. The molecule has 8 unspecified atom stereocenters. The summed E-state index contributed by atoms with van der Waals surface area (Å²) in [6, 6.07) is 8.91. The van der Waals surface area contributed by atoms with Crippen LogP contribution < -0.4 is 0 Å². The van der Waals surface area contributed by atoms with Gasteiger partial charge < -0.3 is 19.8 Å². The first-order valence-electron chi connectivity index (χ1n) is 13.5. The van der Waals surface area contributed by atoms with E-state index >= 15 is 0 Å². The van der Waals surface area contributed by atoms with Crippen molar-refractivity contribution in [2.75, 3.05) is 14.1 Å². The average Bonchev–Trinajstić information content (AvgIpc) is 3.42. The van der Waals surface area contributed by atoms with Crippen LogP contribution >= 0.6 is 0 Å².